The molecule has 1 atom stereocenters. The number of carbonyl (C=O) groups excluding carboxylic acids is 1. The molecule has 118 valence electrons. The fourth-order valence-corrected chi connectivity index (χ4v) is 3.12. The van der Waals surface area contributed by atoms with Gasteiger partial charge in [0.2, 0.25) is 0 Å². The zero-order valence-corrected chi connectivity index (χ0v) is 13.9. The molecule has 0 aliphatic carbocycles. The van der Waals surface area contributed by atoms with E-state index in [2.05, 4.69) is 36.1 Å². The number of benzene rings is 2. The van der Waals surface area contributed by atoms with Crippen LogP contribution in [-0.4, -0.2) is 26.5 Å². The molecule has 1 fully saturated rings. The molecular formula is C18H22ClNO2. The lowest BCUT2D eigenvalue weighted by atomic mass is 9.83. The Labute approximate surface area is 137 Å². The molecule has 0 saturated carbocycles. The van der Waals surface area contributed by atoms with Crippen LogP contribution in [0.4, 0.5) is 5.69 Å². The maximum absolute atomic E-state index is 11.3. The molecule has 0 N–H and O–H groups in total. The van der Waals surface area contributed by atoms with E-state index in [1.807, 2.05) is 12.1 Å². The summed E-state index contributed by atoms with van der Waals surface area (Å²) in [6, 6.07) is 12.6. The Balaban J connectivity index is 0.00000176. The van der Waals surface area contributed by atoms with Crippen LogP contribution in [0.3, 0.4) is 0 Å². The van der Waals surface area contributed by atoms with E-state index in [-0.39, 0.29) is 17.8 Å². The first kappa shape index (κ1) is 16.6. The normalized spacial score (nSPS) is 21.3. The Hall–Kier alpha value is -1.74. The summed E-state index contributed by atoms with van der Waals surface area (Å²) in [5.41, 5.74) is 0.980. The summed E-state index contributed by atoms with van der Waals surface area (Å²) in [7, 11) is 1.68. The van der Waals surface area contributed by atoms with Gasteiger partial charge in [0.05, 0.1) is 7.11 Å². The molecule has 1 saturated heterocycles. The van der Waals surface area contributed by atoms with Crippen molar-refractivity contribution in [1.29, 1.82) is 0 Å². The molecule has 1 aliphatic heterocycles. The monoisotopic (exact) mass is 319 g/mol. The van der Waals surface area contributed by atoms with E-state index in [9.17, 15) is 4.79 Å². The quantitative estimate of drug-likeness (QED) is 0.798. The zero-order valence-electron chi connectivity index (χ0n) is 13.0. The SMILES string of the molecule is COc1ccc2cc(N3CCCC(C)(C=O)C3)ccc2c1.Cl. The number of nitrogens with zero attached hydrogens (tertiary/aromatic N) is 1. The van der Waals surface area contributed by atoms with Crippen molar-refractivity contribution in [2.24, 2.45) is 5.41 Å². The van der Waals surface area contributed by atoms with Gasteiger partial charge in [-0.3, -0.25) is 0 Å². The van der Waals surface area contributed by atoms with Crippen LogP contribution < -0.4 is 9.64 Å². The molecule has 0 aromatic heterocycles. The minimum absolute atomic E-state index is 0. The van der Waals surface area contributed by atoms with Crippen LogP contribution in [0.5, 0.6) is 5.75 Å². The van der Waals surface area contributed by atoms with E-state index in [4.69, 9.17) is 4.74 Å². The molecule has 3 rings (SSSR count). The molecule has 2 aromatic carbocycles. The topological polar surface area (TPSA) is 29.5 Å². The van der Waals surface area contributed by atoms with Crippen LogP contribution in [0.1, 0.15) is 19.8 Å². The van der Waals surface area contributed by atoms with Crippen molar-refractivity contribution in [2.45, 2.75) is 19.8 Å². The van der Waals surface area contributed by atoms with Crippen molar-refractivity contribution < 1.29 is 9.53 Å². The van der Waals surface area contributed by atoms with Gasteiger partial charge in [-0.15, -0.1) is 12.4 Å². The predicted octanol–water partition coefficient (Wildman–Crippen LogP) is 4.08. The largest absolute Gasteiger partial charge is 0.497 e. The highest BCUT2D eigenvalue weighted by molar-refractivity contribution is 5.87. The highest BCUT2D eigenvalue weighted by Crippen LogP contribution is 2.32. The molecule has 0 spiro atoms. The molecule has 1 unspecified atom stereocenters. The predicted molar refractivity (Wildman–Crippen MR) is 93.4 cm³/mol. The minimum Gasteiger partial charge on any atom is -0.497 e. The summed E-state index contributed by atoms with van der Waals surface area (Å²) in [4.78, 5) is 13.6. The first-order valence-corrected chi connectivity index (χ1v) is 7.43. The van der Waals surface area contributed by atoms with Crippen molar-refractivity contribution in [1.82, 2.24) is 0 Å². The molecule has 1 aliphatic rings. The molecule has 3 nitrogen and oxygen atoms in total. The van der Waals surface area contributed by atoms with Crippen molar-refractivity contribution in [3.63, 3.8) is 0 Å². The molecule has 0 radical (unpaired) electrons. The second kappa shape index (κ2) is 6.57. The van der Waals surface area contributed by atoms with E-state index < -0.39 is 0 Å². The van der Waals surface area contributed by atoms with E-state index in [1.165, 1.54) is 16.5 Å². The maximum Gasteiger partial charge on any atom is 0.127 e. The average Bonchev–Trinajstić information content (AvgIpc) is 2.54. The number of rotatable bonds is 3. The fourth-order valence-electron chi connectivity index (χ4n) is 3.12. The van der Waals surface area contributed by atoms with Crippen LogP contribution in [0.15, 0.2) is 36.4 Å². The van der Waals surface area contributed by atoms with Gasteiger partial charge in [-0.25, -0.2) is 0 Å². The molecule has 0 bridgehead atoms. The van der Waals surface area contributed by atoms with Gasteiger partial charge < -0.3 is 14.4 Å². The van der Waals surface area contributed by atoms with Gasteiger partial charge >= 0.3 is 0 Å². The number of piperidine rings is 1. The van der Waals surface area contributed by atoms with Crippen LogP contribution in [0.2, 0.25) is 0 Å². The van der Waals surface area contributed by atoms with Crippen LogP contribution in [0, 0.1) is 5.41 Å². The molecular weight excluding hydrogens is 298 g/mol. The van der Waals surface area contributed by atoms with E-state index in [0.29, 0.717) is 0 Å². The van der Waals surface area contributed by atoms with E-state index in [1.54, 1.807) is 7.11 Å². The third-order valence-electron chi connectivity index (χ3n) is 4.41. The lowest BCUT2D eigenvalue weighted by Gasteiger charge is -2.38. The van der Waals surface area contributed by atoms with Crippen LogP contribution in [0.25, 0.3) is 10.8 Å². The second-order valence-corrected chi connectivity index (χ2v) is 6.19. The molecule has 2 aromatic rings. The number of methoxy groups -OCH3 is 1. The van der Waals surface area contributed by atoms with Gasteiger partial charge in [0, 0.05) is 24.2 Å². The number of aldehydes is 1. The Kier molecular flexibility index (Phi) is 4.97. The van der Waals surface area contributed by atoms with Crippen LogP contribution in [-0.2, 0) is 4.79 Å². The minimum atomic E-state index is -0.215. The number of carbonyl (C=O) groups is 1. The lowest BCUT2D eigenvalue weighted by Crippen LogP contribution is -2.42. The number of fused-ring (bicyclic) bond motifs is 1. The van der Waals surface area contributed by atoms with Crippen molar-refractivity contribution in [3.05, 3.63) is 36.4 Å². The number of hydrogen-bond acceptors (Lipinski definition) is 3. The Morgan fingerprint density at radius 3 is 2.64 bits per heavy atom. The third-order valence-corrected chi connectivity index (χ3v) is 4.41. The first-order chi connectivity index (χ1) is 10.1. The van der Waals surface area contributed by atoms with E-state index >= 15 is 0 Å². The highest BCUT2D eigenvalue weighted by Gasteiger charge is 2.30. The van der Waals surface area contributed by atoms with Gasteiger partial charge in [0.15, 0.2) is 0 Å². The van der Waals surface area contributed by atoms with Gasteiger partial charge in [-0.05, 0) is 47.9 Å². The van der Waals surface area contributed by atoms with Crippen molar-refractivity contribution in [2.75, 3.05) is 25.1 Å². The standard InChI is InChI=1S/C18H21NO2.ClH/c1-18(13-20)8-3-9-19(12-18)16-6-4-15-11-17(21-2)7-5-14(15)10-16;/h4-7,10-11,13H,3,8-9,12H2,1-2H3;1H. The van der Waals surface area contributed by atoms with Crippen molar-refractivity contribution >= 4 is 35.2 Å². The second-order valence-electron chi connectivity index (χ2n) is 6.19. The molecule has 22 heavy (non-hydrogen) atoms. The first-order valence-electron chi connectivity index (χ1n) is 7.43. The summed E-state index contributed by atoms with van der Waals surface area (Å²) >= 11 is 0. The third kappa shape index (κ3) is 3.20. The Morgan fingerprint density at radius 1 is 1.18 bits per heavy atom. The summed E-state index contributed by atoms with van der Waals surface area (Å²) in [5.74, 6) is 0.877. The van der Waals surface area contributed by atoms with Gasteiger partial charge in [0.25, 0.3) is 0 Å². The Bertz CT molecular complexity index is 673. The average molecular weight is 320 g/mol. The summed E-state index contributed by atoms with van der Waals surface area (Å²) < 4.78 is 5.26. The number of halogens is 1. The van der Waals surface area contributed by atoms with E-state index in [0.717, 1.165) is 38.0 Å². The van der Waals surface area contributed by atoms with Crippen molar-refractivity contribution in [3.8, 4) is 5.75 Å². The van der Waals surface area contributed by atoms with Crippen LogP contribution >= 0.6 is 12.4 Å². The zero-order chi connectivity index (χ0) is 14.9. The number of anilines is 1. The maximum atomic E-state index is 11.3. The molecule has 1 heterocycles. The number of hydrogen-bond donors (Lipinski definition) is 0. The number of ether oxygens (including phenoxy) is 1. The highest BCUT2D eigenvalue weighted by atomic mass is 35.5. The lowest BCUT2D eigenvalue weighted by molar-refractivity contribution is -0.115. The summed E-state index contributed by atoms with van der Waals surface area (Å²) in [5, 5.41) is 2.37. The van der Waals surface area contributed by atoms with Gasteiger partial charge in [0.1, 0.15) is 12.0 Å². The molecule has 0 amide bonds. The summed E-state index contributed by atoms with van der Waals surface area (Å²) in [6.07, 6.45) is 3.17. The summed E-state index contributed by atoms with van der Waals surface area (Å²) in [6.45, 7) is 3.88. The fraction of sp³-hybridized carbons (Fsp3) is 0.389. The Morgan fingerprint density at radius 2 is 1.91 bits per heavy atom. The molecule has 4 heteroatoms. The van der Waals surface area contributed by atoms with Gasteiger partial charge in [-0.2, -0.15) is 0 Å². The van der Waals surface area contributed by atoms with Gasteiger partial charge in [-0.1, -0.05) is 19.1 Å². The smallest absolute Gasteiger partial charge is 0.127 e.